The highest BCUT2D eigenvalue weighted by Crippen LogP contribution is 2.28. The number of methoxy groups -OCH3 is 1. The summed E-state index contributed by atoms with van der Waals surface area (Å²) >= 11 is 0. The molecular weight excluding hydrogens is 318 g/mol. The van der Waals surface area contributed by atoms with Crippen LogP contribution in [0.2, 0.25) is 0 Å². The first-order chi connectivity index (χ1) is 12.1. The van der Waals surface area contributed by atoms with Crippen LogP contribution in [0.25, 0.3) is 17.0 Å². The molecule has 0 unspecified atom stereocenters. The van der Waals surface area contributed by atoms with Crippen molar-refractivity contribution in [2.45, 2.75) is 12.8 Å². The Kier molecular flexibility index (Phi) is 4.75. The van der Waals surface area contributed by atoms with Crippen molar-refractivity contribution in [3.63, 3.8) is 0 Å². The van der Waals surface area contributed by atoms with E-state index in [0.717, 1.165) is 16.5 Å². The minimum atomic E-state index is -0.952. The van der Waals surface area contributed by atoms with Crippen molar-refractivity contribution in [1.29, 1.82) is 0 Å². The van der Waals surface area contributed by atoms with Gasteiger partial charge < -0.3 is 19.9 Å². The average molecular weight is 337 g/mol. The highest BCUT2D eigenvalue weighted by molar-refractivity contribution is 5.92. The van der Waals surface area contributed by atoms with E-state index in [1.165, 1.54) is 13.2 Å². The lowest BCUT2D eigenvalue weighted by Gasteiger charge is -2.06. The smallest absolute Gasteiger partial charge is 0.331 e. The number of hydrogen-bond acceptors (Lipinski definition) is 3. The Morgan fingerprint density at radius 2 is 2.04 bits per heavy atom. The van der Waals surface area contributed by atoms with Gasteiger partial charge in [0.1, 0.15) is 0 Å². The van der Waals surface area contributed by atoms with Crippen LogP contribution >= 0.6 is 0 Å². The summed E-state index contributed by atoms with van der Waals surface area (Å²) in [7, 11) is 1.46. The molecule has 1 aromatic heterocycles. The van der Waals surface area contributed by atoms with Gasteiger partial charge in [-0.3, -0.25) is 0 Å². The quantitative estimate of drug-likeness (QED) is 0.594. The number of rotatable bonds is 6. The fraction of sp³-hybridized carbons (Fsp3) is 0.150. The lowest BCUT2D eigenvalue weighted by atomic mass is 10.0. The van der Waals surface area contributed by atoms with Crippen LogP contribution in [0.3, 0.4) is 0 Å². The van der Waals surface area contributed by atoms with Crippen LogP contribution in [0.4, 0.5) is 0 Å². The number of carboxylic acid groups (broad SMARTS) is 1. The molecule has 1 heterocycles. The maximum absolute atomic E-state index is 11.6. The highest BCUT2D eigenvalue weighted by Gasteiger charge is 2.11. The number of aromatic amines is 1. The molecule has 3 rings (SSSR count). The van der Waals surface area contributed by atoms with Crippen LogP contribution in [-0.2, 0) is 11.2 Å². The number of phenols is 1. The number of hydrogen-bond donors (Lipinski definition) is 3. The van der Waals surface area contributed by atoms with E-state index in [1.54, 1.807) is 18.2 Å². The van der Waals surface area contributed by atoms with Crippen LogP contribution in [0.1, 0.15) is 17.5 Å². The summed E-state index contributed by atoms with van der Waals surface area (Å²) in [6.07, 6.45) is 4.56. The summed E-state index contributed by atoms with van der Waals surface area (Å²) in [6, 6.07) is 12.7. The Balaban J connectivity index is 1.83. The largest absolute Gasteiger partial charge is 0.504 e. The fourth-order valence-corrected chi connectivity index (χ4v) is 2.83. The molecule has 0 spiro atoms. The number of aromatic nitrogens is 1. The van der Waals surface area contributed by atoms with Crippen molar-refractivity contribution in [3.05, 3.63) is 65.4 Å². The van der Waals surface area contributed by atoms with Gasteiger partial charge in [-0.1, -0.05) is 24.3 Å². The van der Waals surface area contributed by atoms with Gasteiger partial charge >= 0.3 is 5.97 Å². The summed E-state index contributed by atoms with van der Waals surface area (Å²) in [5.74, 6) is -0.614. The third kappa shape index (κ3) is 3.66. The molecule has 5 heteroatoms. The molecule has 0 fully saturated rings. The van der Waals surface area contributed by atoms with Crippen LogP contribution in [0.5, 0.6) is 11.5 Å². The molecule has 25 heavy (non-hydrogen) atoms. The zero-order valence-electron chi connectivity index (χ0n) is 13.8. The number of para-hydroxylation sites is 1. The number of carboxylic acids is 1. The third-order valence-corrected chi connectivity index (χ3v) is 4.16. The minimum Gasteiger partial charge on any atom is -0.504 e. The summed E-state index contributed by atoms with van der Waals surface area (Å²) in [5.41, 5.74) is 3.11. The molecule has 0 radical (unpaired) electrons. The second kappa shape index (κ2) is 7.13. The van der Waals surface area contributed by atoms with Crippen molar-refractivity contribution in [2.24, 2.45) is 0 Å². The zero-order valence-corrected chi connectivity index (χ0v) is 13.8. The number of phenolic OH excluding ortho intramolecular Hbond substituents is 1. The summed E-state index contributed by atoms with van der Waals surface area (Å²) in [5, 5.41) is 20.3. The molecule has 0 aliphatic heterocycles. The van der Waals surface area contributed by atoms with Crippen LogP contribution in [0.15, 0.2) is 54.2 Å². The van der Waals surface area contributed by atoms with Gasteiger partial charge in [-0.25, -0.2) is 4.79 Å². The molecule has 0 aliphatic carbocycles. The first-order valence-corrected chi connectivity index (χ1v) is 7.94. The molecular formula is C20H19NO4. The summed E-state index contributed by atoms with van der Waals surface area (Å²) < 4.78 is 5.06. The number of benzene rings is 2. The van der Waals surface area contributed by atoms with Gasteiger partial charge in [0, 0.05) is 22.7 Å². The van der Waals surface area contributed by atoms with E-state index in [0.29, 0.717) is 29.7 Å². The molecule has 5 nitrogen and oxygen atoms in total. The van der Waals surface area contributed by atoms with Crippen LogP contribution in [0, 0.1) is 0 Å². The van der Waals surface area contributed by atoms with Gasteiger partial charge in [0.25, 0.3) is 0 Å². The fourth-order valence-electron chi connectivity index (χ4n) is 2.83. The monoisotopic (exact) mass is 337 g/mol. The Hall–Kier alpha value is -3.21. The Labute approximate surface area is 145 Å². The number of carbonyl (C=O) groups is 1. The van der Waals surface area contributed by atoms with Gasteiger partial charge in [0.2, 0.25) is 0 Å². The number of aliphatic carboxylic acids is 1. The Bertz CT molecular complexity index is 940. The second-order valence-corrected chi connectivity index (χ2v) is 5.77. The van der Waals surface area contributed by atoms with Crippen molar-refractivity contribution < 1.29 is 19.7 Å². The maximum atomic E-state index is 11.6. The van der Waals surface area contributed by atoms with E-state index < -0.39 is 5.97 Å². The first kappa shape index (κ1) is 16.6. The van der Waals surface area contributed by atoms with Crippen molar-refractivity contribution in [2.75, 3.05) is 7.11 Å². The molecule has 0 bridgehead atoms. The molecule has 0 saturated carbocycles. The normalized spacial score (nSPS) is 11.6. The average Bonchev–Trinajstić information content (AvgIpc) is 3.03. The predicted molar refractivity (Wildman–Crippen MR) is 96.9 cm³/mol. The van der Waals surface area contributed by atoms with Crippen molar-refractivity contribution in [3.8, 4) is 11.5 Å². The van der Waals surface area contributed by atoms with Gasteiger partial charge in [-0.05, 0) is 48.2 Å². The molecule has 3 aromatic rings. The predicted octanol–water partition coefficient (Wildman–Crippen LogP) is 3.98. The van der Waals surface area contributed by atoms with E-state index in [9.17, 15) is 15.0 Å². The molecule has 0 saturated heterocycles. The summed E-state index contributed by atoms with van der Waals surface area (Å²) in [6.45, 7) is 0. The zero-order chi connectivity index (χ0) is 17.8. The topological polar surface area (TPSA) is 82.6 Å². The van der Waals surface area contributed by atoms with Crippen LogP contribution < -0.4 is 4.74 Å². The number of aryl methyl sites for hydroxylation is 1. The molecule has 0 atom stereocenters. The molecule has 0 amide bonds. The van der Waals surface area contributed by atoms with Gasteiger partial charge in [0.15, 0.2) is 11.5 Å². The highest BCUT2D eigenvalue weighted by atomic mass is 16.5. The van der Waals surface area contributed by atoms with Gasteiger partial charge in [-0.2, -0.15) is 0 Å². The van der Waals surface area contributed by atoms with Gasteiger partial charge in [-0.15, -0.1) is 0 Å². The molecule has 2 aromatic carbocycles. The van der Waals surface area contributed by atoms with E-state index in [-0.39, 0.29) is 5.75 Å². The van der Waals surface area contributed by atoms with Crippen molar-refractivity contribution >= 4 is 22.9 Å². The summed E-state index contributed by atoms with van der Waals surface area (Å²) in [4.78, 5) is 14.8. The van der Waals surface area contributed by atoms with E-state index in [1.807, 2.05) is 30.5 Å². The minimum absolute atomic E-state index is 0.0234. The Morgan fingerprint density at radius 1 is 1.24 bits per heavy atom. The van der Waals surface area contributed by atoms with Crippen molar-refractivity contribution in [1.82, 2.24) is 4.98 Å². The lowest BCUT2D eigenvalue weighted by molar-refractivity contribution is -0.132. The second-order valence-electron chi connectivity index (χ2n) is 5.77. The van der Waals surface area contributed by atoms with E-state index in [4.69, 9.17) is 4.74 Å². The SMILES string of the molecule is COc1cc(/C=C(/CCc2c[nH]c3ccccc23)C(=O)O)ccc1O. The molecule has 3 N–H and O–H groups in total. The van der Waals surface area contributed by atoms with Crippen LogP contribution in [-0.4, -0.2) is 28.3 Å². The van der Waals surface area contributed by atoms with E-state index >= 15 is 0 Å². The number of ether oxygens (including phenoxy) is 1. The van der Waals surface area contributed by atoms with E-state index in [2.05, 4.69) is 4.98 Å². The lowest BCUT2D eigenvalue weighted by Crippen LogP contribution is -2.02. The number of nitrogens with one attached hydrogen (secondary N) is 1. The number of fused-ring (bicyclic) bond motifs is 1. The number of H-pyrrole nitrogens is 1. The molecule has 0 aliphatic rings. The number of aromatic hydroxyl groups is 1. The Morgan fingerprint density at radius 3 is 2.80 bits per heavy atom. The first-order valence-electron chi connectivity index (χ1n) is 7.94. The maximum Gasteiger partial charge on any atom is 0.331 e. The molecule has 128 valence electrons. The third-order valence-electron chi connectivity index (χ3n) is 4.16. The standard InChI is InChI=1S/C20H19NO4/c1-25-19-11-13(6-9-18(19)22)10-14(20(23)24)7-8-15-12-21-17-5-3-2-4-16(15)17/h2-6,9-12,21-22H,7-8H2,1H3,(H,23,24)/b14-10-. The van der Waals surface area contributed by atoms with Gasteiger partial charge in [0.05, 0.1) is 7.11 Å².